The third-order valence-electron chi connectivity index (χ3n) is 4.08. The van der Waals surface area contributed by atoms with Gasteiger partial charge in [0.15, 0.2) is 18.2 Å². The van der Waals surface area contributed by atoms with Gasteiger partial charge in [-0.05, 0) is 60.6 Å². The second-order valence-electron chi connectivity index (χ2n) is 6.52. The van der Waals surface area contributed by atoms with E-state index in [0.29, 0.717) is 17.0 Å². The predicted octanol–water partition coefficient (Wildman–Crippen LogP) is 4.94. The van der Waals surface area contributed by atoms with Gasteiger partial charge in [0.05, 0.1) is 7.11 Å². The number of methoxy groups -OCH3 is 1. The normalized spacial score (nSPS) is 10.2. The van der Waals surface area contributed by atoms with Gasteiger partial charge in [0.25, 0.3) is 0 Å². The van der Waals surface area contributed by atoms with Crippen molar-refractivity contribution >= 4 is 18.6 Å². The largest absolute Gasteiger partial charge is 0.494 e. The predicted molar refractivity (Wildman–Crippen MR) is 118 cm³/mol. The van der Waals surface area contributed by atoms with Gasteiger partial charge in [-0.15, -0.1) is 12.6 Å². The van der Waals surface area contributed by atoms with E-state index in [1.165, 1.54) is 31.4 Å². The highest BCUT2D eigenvalue weighted by molar-refractivity contribution is 7.80. The molecular formula is C23H22F3NO4S. The molecule has 3 aromatic rings. The molecule has 0 spiro atoms. The Balaban J connectivity index is 0.000000303. The lowest BCUT2D eigenvalue weighted by Crippen LogP contribution is -2.10. The summed E-state index contributed by atoms with van der Waals surface area (Å²) in [6, 6.07) is 12.7. The molecule has 2 N–H and O–H groups in total. The number of carboxylic acid groups (broad SMARTS) is 1. The van der Waals surface area contributed by atoms with Crippen molar-refractivity contribution in [3.8, 4) is 22.6 Å². The van der Waals surface area contributed by atoms with E-state index in [4.69, 9.17) is 14.6 Å². The number of ether oxygens (including phenoxy) is 2. The van der Waals surface area contributed by atoms with Crippen LogP contribution in [0.4, 0.5) is 13.2 Å². The van der Waals surface area contributed by atoms with Gasteiger partial charge in [-0.2, -0.15) is 0 Å². The highest BCUT2D eigenvalue weighted by Crippen LogP contribution is 2.32. The molecule has 0 aliphatic heterocycles. The molecule has 3 aromatic carbocycles. The Bertz CT molecular complexity index is 1060. The summed E-state index contributed by atoms with van der Waals surface area (Å²) >= 11 is 3.94. The van der Waals surface area contributed by atoms with E-state index in [1.807, 2.05) is 0 Å². The minimum atomic E-state index is -1.13. The van der Waals surface area contributed by atoms with E-state index in [9.17, 15) is 18.0 Å². The first-order valence-electron chi connectivity index (χ1n) is 9.34. The molecule has 0 bridgehead atoms. The quantitative estimate of drug-likeness (QED) is 0.432. The second kappa shape index (κ2) is 12.0. The molecule has 170 valence electrons. The standard InChI is InChI=1S/C16H15F2NO3.C7H7FOS/c1-19-8-10-2-3-15(22-9-16(20)21)14(4-10)11-5-12(17)7-13(18)6-11;1-9-7-3-2-5(10)4-6(7)8/h2-7,19H,8-9H2,1H3,(H,20,21);2-4,10H,1H3. The van der Waals surface area contributed by atoms with Gasteiger partial charge < -0.3 is 19.9 Å². The Labute approximate surface area is 189 Å². The van der Waals surface area contributed by atoms with Crippen molar-refractivity contribution in [2.75, 3.05) is 20.8 Å². The Morgan fingerprint density at radius 2 is 1.66 bits per heavy atom. The average Bonchev–Trinajstić information content (AvgIpc) is 2.73. The van der Waals surface area contributed by atoms with Gasteiger partial charge in [-0.25, -0.2) is 18.0 Å². The summed E-state index contributed by atoms with van der Waals surface area (Å²) in [5.74, 6) is -2.42. The molecule has 0 saturated carbocycles. The number of hydrogen-bond acceptors (Lipinski definition) is 5. The van der Waals surface area contributed by atoms with Crippen LogP contribution in [0.3, 0.4) is 0 Å². The summed E-state index contributed by atoms with van der Waals surface area (Å²) in [5.41, 5.74) is 1.60. The highest BCUT2D eigenvalue weighted by atomic mass is 32.1. The topological polar surface area (TPSA) is 67.8 Å². The fraction of sp³-hybridized carbons (Fsp3) is 0.174. The van der Waals surface area contributed by atoms with Gasteiger partial charge in [0.2, 0.25) is 0 Å². The number of benzene rings is 3. The molecule has 3 rings (SSSR count). The lowest BCUT2D eigenvalue weighted by molar-refractivity contribution is -0.139. The van der Waals surface area contributed by atoms with E-state index < -0.39 is 24.2 Å². The summed E-state index contributed by atoms with van der Waals surface area (Å²) in [5, 5.41) is 11.7. The fourth-order valence-corrected chi connectivity index (χ4v) is 2.93. The first kappa shape index (κ1) is 25.1. The van der Waals surface area contributed by atoms with Crippen LogP contribution in [0.15, 0.2) is 59.5 Å². The summed E-state index contributed by atoms with van der Waals surface area (Å²) < 4.78 is 49.4. The first-order chi connectivity index (χ1) is 15.2. The molecule has 0 saturated heterocycles. The van der Waals surface area contributed by atoms with Crippen LogP contribution in [0.1, 0.15) is 5.56 Å². The SMILES string of the molecule is CNCc1ccc(OCC(=O)O)c(-c2cc(F)cc(F)c2)c1.COc1ccc(S)cc1F. The lowest BCUT2D eigenvalue weighted by Gasteiger charge is -2.13. The van der Waals surface area contributed by atoms with Crippen LogP contribution < -0.4 is 14.8 Å². The minimum Gasteiger partial charge on any atom is -0.494 e. The van der Waals surface area contributed by atoms with E-state index in [-0.39, 0.29) is 22.9 Å². The number of thiol groups is 1. The third-order valence-corrected chi connectivity index (χ3v) is 4.36. The van der Waals surface area contributed by atoms with Crippen molar-refractivity contribution in [3.63, 3.8) is 0 Å². The zero-order chi connectivity index (χ0) is 23.7. The van der Waals surface area contributed by atoms with E-state index in [0.717, 1.165) is 11.6 Å². The molecule has 9 heteroatoms. The lowest BCUT2D eigenvalue weighted by atomic mass is 10.0. The van der Waals surface area contributed by atoms with Crippen molar-refractivity contribution in [2.24, 2.45) is 0 Å². The third kappa shape index (κ3) is 7.51. The smallest absolute Gasteiger partial charge is 0.341 e. The number of carbonyl (C=O) groups is 1. The molecule has 0 atom stereocenters. The molecule has 0 aromatic heterocycles. The number of hydrogen-bond donors (Lipinski definition) is 3. The Morgan fingerprint density at radius 3 is 2.22 bits per heavy atom. The molecule has 0 amide bonds. The Hall–Kier alpha value is -3.17. The maximum absolute atomic E-state index is 13.4. The van der Waals surface area contributed by atoms with Gasteiger partial charge >= 0.3 is 5.97 Å². The van der Waals surface area contributed by atoms with Crippen molar-refractivity contribution in [2.45, 2.75) is 11.4 Å². The van der Waals surface area contributed by atoms with Crippen molar-refractivity contribution in [3.05, 3.63) is 77.6 Å². The zero-order valence-electron chi connectivity index (χ0n) is 17.4. The summed E-state index contributed by atoms with van der Waals surface area (Å²) in [6.07, 6.45) is 0. The average molecular weight is 465 g/mol. The van der Waals surface area contributed by atoms with Crippen molar-refractivity contribution < 1.29 is 32.5 Å². The van der Waals surface area contributed by atoms with Crippen molar-refractivity contribution in [1.82, 2.24) is 5.32 Å². The van der Waals surface area contributed by atoms with Crippen LogP contribution in [0, 0.1) is 17.5 Å². The molecule has 0 aliphatic carbocycles. The second-order valence-corrected chi connectivity index (χ2v) is 7.04. The number of nitrogens with one attached hydrogen (secondary N) is 1. The van der Waals surface area contributed by atoms with Crippen LogP contribution in [0.2, 0.25) is 0 Å². The molecule has 0 aliphatic rings. The molecular weight excluding hydrogens is 443 g/mol. The number of aliphatic carboxylic acids is 1. The van der Waals surface area contributed by atoms with Crippen LogP contribution in [-0.2, 0) is 11.3 Å². The summed E-state index contributed by atoms with van der Waals surface area (Å²) in [7, 11) is 3.20. The van der Waals surface area contributed by atoms with Crippen LogP contribution in [0.5, 0.6) is 11.5 Å². The van der Waals surface area contributed by atoms with Gasteiger partial charge in [0, 0.05) is 23.1 Å². The van der Waals surface area contributed by atoms with Crippen LogP contribution in [0.25, 0.3) is 11.1 Å². The molecule has 0 unspecified atom stereocenters. The Kier molecular flexibility index (Phi) is 9.42. The maximum atomic E-state index is 13.4. The van der Waals surface area contributed by atoms with Crippen LogP contribution >= 0.6 is 12.6 Å². The fourth-order valence-electron chi connectivity index (χ4n) is 2.75. The Morgan fingerprint density at radius 1 is 1.00 bits per heavy atom. The molecule has 0 heterocycles. The number of carboxylic acids is 1. The number of halogens is 3. The number of rotatable bonds is 7. The van der Waals surface area contributed by atoms with Gasteiger partial charge in [-0.1, -0.05) is 6.07 Å². The maximum Gasteiger partial charge on any atom is 0.341 e. The molecule has 5 nitrogen and oxygen atoms in total. The monoisotopic (exact) mass is 465 g/mol. The van der Waals surface area contributed by atoms with Crippen LogP contribution in [-0.4, -0.2) is 31.8 Å². The van der Waals surface area contributed by atoms with Crippen molar-refractivity contribution in [1.29, 1.82) is 0 Å². The van der Waals surface area contributed by atoms with E-state index in [1.54, 1.807) is 31.3 Å². The first-order valence-corrected chi connectivity index (χ1v) is 9.79. The summed E-state index contributed by atoms with van der Waals surface area (Å²) in [6.45, 7) is 0.0280. The zero-order valence-corrected chi connectivity index (χ0v) is 18.3. The van der Waals surface area contributed by atoms with E-state index in [2.05, 4.69) is 17.9 Å². The highest BCUT2D eigenvalue weighted by Gasteiger charge is 2.12. The molecule has 0 radical (unpaired) electrons. The molecule has 0 fully saturated rings. The van der Waals surface area contributed by atoms with Gasteiger partial charge in [0.1, 0.15) is 17.4 Å². The van der Waals surface area contributed by atoms with E-state index >= 15 is 0 Å². The van der Waals surface area contributed by atoms with Gasteiger partial charge in [-0.3, -0.25) is 0 Å². The minimum absolute atomic E-state index is 0.248. The molecule has 32 heavy (non-hydrogen) atoms. The summed E-state index contributed by atoms with van der Waals surface area (Å²) in [4.78, 5) is 11.2.